The highest BCUT2D eigenvalue weighted by Gasteiger charge is 2.56. The fourth-order valence-electron chi connectivity index (χ4n) is 5.30. The largest absolute Gasteiger partial charge is 0.445 e. The van der Waals surface area contributed by atoms with Gasteiger partial charge in [0.05, 0.1) is 0 Å². The molecule has 37 heavy (non-hydrogen) atoms. The molecule has 2 saturated heterocycles. The number of hydrogen-bond acceptors (Lipinski definition) is 5. The Morgan fingerprint density at radius 3 is 1.97 bits per heavy atom. The van der Waals surface area contributed by atoms with Crippen LogP contribution in [0.1, 0.15) is 39.9 Å². The molecule has 5 rings (SSSR count). The van der Waals surface area contributed by atoms with Crippen LogP contribution in [0.3, 0.4) is 0 Å². The van der Waals surface area contributed by atoms with Crippen molar-refractivity contribution < 1.29 is 24.3 Å². The number of hydrogen-bond donors (Lipinski definition) is 2. The van der Waals surface area contributed by atoms with E-state index in [1.807, 2.05) is 65.6 Å². The number of likely N-dealkylation sites (tertiary alicyclic amines) is 2. The summed E-state index contributed by atoms with van der Waals surface area (Å²) < 4.78 is 5.46. The number of hydroxylamine groups is 1. The van der Waals surface area contributed by atoms with Crippen molar-refractivity contribution in [2.45, 2.75) is 30.9 Å². The minimum Gasteiger partial charge on any atom is -0.445 e. The molecule has 190 valence electrons. The third-order valence-electron chi connectivity index (χ3n) is 7.41. The van der Waals surface area contributed by atoms with E-state index in [-0.39, 0.29) is 18.6 Å². The van der Waals surface area contributed by atoms with Crippen LogP contribution in [0.15, 0.2) is 84.9 Å². The molecule has 3 aromatic carbocycles. The highest BCUT2D eigenvalue weighted by atomic mass is 16.6. The molecule has 2 heterocycles. The standard InChI is InChI=1S/C29H29N3O5/c33-26(30-36)22-13-11-21(12-14-22)19-37-28(35)31-17-15-25(16-18-31)32-20-29(27(32)34,23-7-3-1-4-8-23)24-9-5-2-6-10-24/h1-14,25,36H,15-20H2,(H,30,33). The summed E-state index contributed by atoms with van der Waals surface area (Å²) in [5.74, 6) is -0.485. The molecule has 8 nitrogen and oxygen atoms in total. The lowest BCUT2D eigenvalue weighted by molar-refractivity contribution is -0.153. The summed E-state index contributed by atoms with van der Waals surface area (Å²) in [5.41, 5.74) is 3.98. The van der Waals surface area contributed by atoms with Crippen LogP contribution >= 0.6 is 0 Å². The van der Waals surface area contributed by atoms with Crippen molar-refractivity contribution in [2.24, 2.45) is 0 Å². The molecule has 3 aromatic rings. The molecule has 2 fully saturated rings. The van der Waals surface area contributed by atoms with Crippen molar-refractivity contribution in [3.05, 3.63) is 107 Å². The third kappa shape index (κ3) is 4.68. The van der Waals surface area contributed by atoms with Gasteiger partial charge in [0.15, 0.2) is 0 Å². The van der Waals surface area contributed by atoms with Gasteiger partial charge in [0.2, 0.25) is 5.91 Å². The fourth-order valence-corrected chi connectivity index (χ4v) is 5.30. The second-order valence-corrected chi connectivity index (χ2v) is 9.48. The summed E-state index contributed by atoms with van der Waals surface area (Å²) in [6, 6.07) is 26.4. The molecule has 8 heteroatoms. The zero-order valence-corrected chi connectivity index (χ0v) is 20.4. The first-order valence-electron chi connectivity index (χ1n) is 12.4. The van der Waals surface area contributed by atoms with Gasteiger partial charge in [-0.05, 0) is 41.7 Å². The molecule has 2 aliphatic rings. The molecule has 0 unspecified atom stereocenters. The molecular weight excluding hydrogens is 470 g/mol. The van der Waals surface area contributed by atoms with Crippen LogP contribution in [-0.4, -0.2) is 58.6 Å². The van der Waals surface area contributed by atoms with E-state index < -0.39 is 17.4 Å². The Bertz CT molecular complexity index is 1220. The average Bonchev–Trinajstić information content (AvgIpc) is 2.96. The Morgan fingerprint density at radius 2 is 1.46 bits per heavy atom. The number of nitrogens with zero attached hydrogens (tertiary/aromatic N) is 2. The molecule has 0 spiro atoms. The van der Waals surface area contributed by atoms with Crippen molar-refractivity contribution in [1.82, 2.24) is 15.3 Å². The van der Waals surface area contributed by atoms with Gasteiger partial charge in [-0.2, -0.15) is 0 Å². The van der Waals surface area contributed by atoms with Crippen LogP contribution < -0.4 is 5.48 Å². The van der Waals surface area contributed by atoms with E-state index in [0.29, 0.717) is 38.0 Å². The molecule has 0 aromatic heterocycles. The number of nitrogens with one attached hydrogen (secondary N) is 1. The molecule has 0 saturated carbocycles. The van der Waals surface area contributed by atoms with Crippen LogP contribution in [0, 0.1) is 0 Å². The third-order valence-corrected chi connectivity index (χ3v) is 7.41. The minimum atomic E-state index is -0.661. The van der Waals surface area contributed by atoms with Gasteiger partial charge in [0.1, 0.15) is 12.0 Å². The van der Waals surface area contributed by atoms with Gasteiger partial charge in [-0.15, -0.1) is 0 Å². The molecule has 0 radical (unpaired) electrons. The molecule has 3 amide bonds. The van der Waals surface area contributed by atoms with Gasteiger partial charge >= 0.3 is 6.09 Å². The van der Waals surface area contributed by atoms with Crippen LogP contribution in [0.2, 0.25) is 0 Å². The second-order valence-electron chi connectivity index (χ2n) is 9.48. The summed E-state index contributed by atoms with van der Waals surface area (Å²) in [4.78, 5) is 41.4. The first kappa shape index (κ1) is 24.5. The lowest BCUT2D eigenvalue weighted by Crippen LogP contribution is -2.68. The smallest absolute Gasteiger partial charge is 0.410 e. The predicted octanol–water partition coefficient (Wildman–Crippen LogP) is 3.74. The Morgan fingerprint density at radius 1 is 0.892 bits per heavy atom. The fraction of sp³-hybridized carbons (Fsp3) is 0.276. The second kappa shape index (κ2) is 10.4. The maximum Gasteiger partial charge on any atom is 0.410 e. The topological polar surface area (TPSA) is 99.2 Å². The summed E-state index contributed by atoms with van der Waals surface area (Å²) in [6.07, 6.45) is 1.00. The van der Waals surface area contributed by atoms with Crippen LogP contribution in [0.5, 0.6) is 0 Å². The number of amides is 3. The van der Waals surface area contributed by atoms with Crippen molar-refractivity contribution in [2.75, 3.05) is 19.6 Å². The highest BCUT2D eigenvalue weighted by molar-refractivity contribution is 5.98. The first-order chi connectivity index (χ1) is 18.0. The molecule has 2 aliphatic heterocycles. The number of piperidine rings is 1. The van der Waals surface area contributed by atoms with E-state index in [1.165, 1.54) is 0 Å². The van der Waals surface area contributed by atoms with Gasteiger partial charge in [-0.3, -0.25) is 14.8 Å². The molecular formula is C29H29N3O5. The molecule has 2 N–H and O–H groups in total. The van der Waals surface area contributed by atoms with Crippen LogP contribution in [-0.2, 0) is 21.6 Å². The van der Waals surface area contributed by atoms with Crippen LogP contribution in [0.4, 0.5) is 4.79 Å². The monoisotopic (exact) mass is 499 g/mol. The Kier molecular flexibility index (Phi) is 6.92. The predicted molar refractivity (Wildman–Crippen MR) is 136 cm³/mol. The van der Waals surface area contributed by atoms with Crippen molar-refractivity contribution in [3.8, 4) is 0 Å². The van der Waals surface area contributed by atoms with E-state index >= 15 is 0 Å². The first-order valence-corrected chi connectivity index (χ1v) is 12.4. The number of carbonyl (C=O) groups excluding carboxylic acids is 3. The number of benzene rings is 3. The van der Waals surface area contributed by atoms with Gasteiger partial charge in [-0.1, -0.05) is 72.8 Å². The van der Waals surface area contributed by atoms with Gasteiger partial charge in [0.25, 0.3) is 5.91 Å². The maximum atomic E-state index is 13.7. The quantitative estimate of drug-likeness (QED) is 0.306. The van der Waals surface area contributed by atoms with E-state index in [9.17, 15) is 14.4 Å². The number of ether oxygens (including phenoxy) is 1. The SMILES string of the molecule is O=C(NO)c1ccc(COC(=O)N2CCC(N3CC(c4ccccc4)(c4ccccc4)C3=O)CC2)cc1. The molecule has 0 aliphatic carbocycles. The van der Waals surface area contributed by atoms with Gasteiger partial charge in [-0.25, -0.2) is 10.3 Å². The summed E-state index contributed by atoms with van der Waals surface area (Å²) >= 11 is 0. The van der Waals surface area contributed by atoms with E-state index in [2.05, 4.69) is 0 Å². The average molecular weight is 500 g/mol. The molecule has 0 atom stereocenters. The summed E-state index contributed by atoms with van der Waals surface area (Å²) in [6.45, 7) is 1.75. The van der Waals surface area contributed by atoms with E-state index in [0.717, 1.165) is 16.7 Å². The van der Waals surface area contributed by atoms with Crippen LogP contribution in [0.25, 0.3) is 0 Å². The Hall–Kier alpha value is -4.17. The number of rotatable bonds is 6. The van der Waals surface area contributed by atoms with Crippen molar-refractivity contribution in [3.63, 3.8) is 0 Å². The Labute approximate surface area is 215 Å². The highest BCUT2D eigenvalue weighted by Crippen LogP contribution is 2.44. The lowest BCUT2D eigenvalue weighted by atomic mass is 9.67. The van der Waals surface area contributed by atoms with E-state index in [4.69, 9.17) is 9.94 Å². The number of carbonyl (C=O) groups is 3. The zero-order chi connectivity index (χ0) is 25.8. The number of β-lactam (4-membered cyclic amide) rings is 1. The zero-order valence-electron chi connectivity index (χ0n) is 20.4. The summed E-state index contributed by atoms with van der Waals surface area (Å²) in [5, 5.41) is 8.70. The maximum absolute atomic E-state index is 13.7. The normalized spacial score (nSPS) is 17.2. The van der Waals surface area contributed by atoms with Gasteiger partial charge < -0.3 is 14.5 Å². The van der Waals surface area contributed by atoms with Gasteiger partial charge in [0, 0.05) is 31.2 Å². The minimum absolute atomic E-state index is 0.0844. The molecule has 0 bridgehead atoms. The van der Waals surface area contributed by atoms with E-state index in [1.54, 1.807) is 34.6 Å². The van der Waals surface area contributed by atoms with Crippen molar-refractivity contribution >= 4 is 17.9 Å². The lowest BCUT2D eigenvalue weighted by Gasteiger charge is -2.54. The Balaban J connectivity index is 1.17. The summed E-state index contributed by atoms with van der Waals surface area (Å²) in [7, 11) is 0. The van der Waals surface area contributed by atoms with Crippen molar-refractivity contribution in [1.29, 1.82) is 0 Å².